The van der Waals surface area contributed by atoms with E-state index in [1.807, 2.05) is 45.9 Å². The fourth-order valence-electron chi connectivity index (χ4n) is 4.42. The normalized spacial score (nSPS) is 12.0. The molecule has 0 unspecified atom stereocenters. The average Bonchev–Trinajstić information content (AvgIpc) is 3.34. The lowest BCUT2D eigenvalue weighted by Crippen LogP contribution is -2.39. The first kappa shape index (κ1) is 34.0. The van der Waals surface area contributed by atoms with Gasteiger partial charge in [0.25, 0.3) is 5.91 Å². The molecule has 1 heterocycles. The van der Waals surface area contributed by atoms with E-state index in [0.29, 0.717) is 42.6 Å². The average molecular weight is 611 g/mol. The fourth-order valence-corrected chi connectivity index (χ4v) is 7.19. The van der Waals surface area contributed by atoms with Gasteiger partial charge in [-0.15, -0.1) is 12.4 Å². The minimum Gasteiger partial charge on any atom is -0.494 e. The van der Waals surface area contributed by atoms with E-state index in [1.165, 1.54) is 11.3 Å². The summed E-state index contributed by atoms with van der Waals surface area (Å²) in [6.07, 6.45) is 0. The molecule has 40 heavy (non-hydrogen) atoms. The van der Waals surface area contributed by atoms with Crippen molar-refractivity contribution < 1.29 is 17.9 Å². The summed E-state index contributed by atoms with van der Waals surface area (Å²) in [4.78, 5) is 22.7. The second-order valence-electron chi connectivity index (χ2n) is 10.4. The number of anilines is 1. The molecule has 2 aromatic carbocycles. The highest BCUT2D eigenvalue weighted by molar-refractivity contribution is 7.89. The first-order valence-corrected chi connectivity index (χ1v) is 15.8. The Morgan fingerprint density at radius 2 is 1.55 bits per heavy atom. The number of para-hydroxylation sites is 1. The van der Waals surface area contributed by atoms with Gasteiger partial charge < -0.3 is 9.64 Å². The van der Waals surface area contributed by atoms with Crippen LogP contribution in [0.2, 0.25) is 0 Å². The summed E-state index contributed by atoms with van der Waals surface area (Å²) in [7, 11) is -2.07. The Labute approximate surface area is 249 Å². The number of methoxy groups -OCH3 is 1. The van der Waals surface area contributed by atoms with Crippen molar-refractivity contribution in [2.75, 3.05) is 51.3 Å². The van der Waals surface area contributed by atoms with Gasteiger partial charge in [0.1, 0.15) is 11.3 Å². The van der Waals surface area contributed by atoms with Gasteiger partial charge in [0.15, 0.2) is 5.13 Å². The number of fused-ring (bicyclic) bond motifs is 1. The molecular formula is C29H43ClN4O4S2. The van der Waals surface area contributed by atoms with Crippen LogP contribution in [0.5, 0.6) is 5.75 Å². The Hall–Kier alpha value is -2.24. The van der Waals surface area contributed by atoms with E-state index < -0.39 is 10.0 Å². The molecule has 11 heteroatoms. The van der Waals surface area contributed by atoms with Crippen molar-refractivity contribution in [2.45, 2.75) is 46.4 Å². The zero-order valence-corrected chi connectivity index (χ0v) is 27.0. The van der Waals surface area contributed by atoms with Crippen molar-refractivity contribution in [1.29, 1.82) is 0 Å². The third-order valence-electron chi connectivity index (χ3n) is 6.48. The van der Waals surface area contributed by atoms with Crippen molar-refractivity contribution in [2.24, 2.45) is 11.8 Å². The summed E-state index contributed by atoms with van der Waals surface area (Å²) < 4.78 is 34.9. The van der Waals surface area contributed by atoms with Gasteiger partial charge in [-0.25, -0.2) is 13.4 Å². The monoisotopic (exact) mass is 610 g/mol. The molecule has 0 fully saturated rings. The smallest absolute Gasteiger partial charge is 0.260 e. The number of thiazole rings is 1. The number of hydrogen-bond donors (Lipinski definition) is 0. The van der Waals surface area contributed by atoms with Gasteiger partial charge in [-0.1, -0.05) is 58.9 Å². The Morgan fingerprint density at radius 1 is 0.950 bits per heavy atom. The van der Waals surface area contributed by atoms with E-state index in [4.69, 9.17) is 9.72 Å². The molecule has 1 amide bonds. The summed E-state index contributed by atoms with van der Waals surface area (Å²) in [5.41, 5.74) is 1.14. The Kier molecular flexibility index (Phi) is 12.8. The molecule has 0 radical (unpaired) electrons. The van der Waals surface area contributed by atoms with Crippen LogP contribution in [0.1, 0.15) is 51.9 Å². The predicted molar refractivity (Wildman–Crippen MR) is 168 cm³/mol. The van der Waals surface area contributed by atoms with Crippen LogP contribution in [0, 0.1) is 11.8 Å². The zero-order valence-electron chi connectivity index (χ0n) is 24.6. The lowest BCUT2D eigenvalue weighted by Gasteiger charge is -2.26. The van der Waals surface area contributed by atoms with Crippen LogP contribution in [-0.2, 0) is 10.0 Å². The molecular weight excluding hydrogens is 568 g/mol. The van der Waals surface area contributed by atoms with Crippen LogP contribution in [0.15, 0.2) is 47.4 Å². The molecule has 0 atom stereocenters. The maximum absolute atomic E-state index is 13.8. The van der Waals surface area contributed by atoms with Crippen LogP contribution < -0.4 is 9.64 Å². The second kappa shape index (κ2) is 15.1. The first-order chi connectivity index (χ1) is 18.5. The van der Waals surface area contributed by atoms with E-state index in [2.05, 4.69) is 18.7 Å². The highest BCUT2D eigenvalue weighted by Gasteiger charge is 2.27. The number of amides is 1. The van der Waals surface area contributed by atoms with Crippen molar-refractivity contribution in [3.05, 3.63) is 48.0 Å². The van der Waals surface area contributed by atoms with Crippen molar-refractivity contribution >= 4 is 55.0 Å². The SMILES string of the molecule is CCN(CC)CCN(C(=O)c1ccc(S(=O)(=O)N(CC(C)C)CC(C)C)cc1)c1nc2c(OC)cccc2s1.Cl. The number of carbonyl (C=O) groups excluding carboxylic acids is 1. The van der Waals surface area contributed by atoms with Crippen LogP contribution in [0.25, 0.3) is 10.2 Å². The van der Waals surface area contributed by atoms with Crippen LogP contribution in [-0.4, -0.2) is 74.9 Å². The van der Waals surface area contributed by atoms with Gasteiger partial charge in [0.2, 0.25) is 10.0 Å². The zero-order chi connectivity index (χ0) is 28.7. The predicted octanol–water partition coefficient (Wildman–Crippen LogP) is 6.02. The molecule has 0 aliphatic carbocycles. The van der Waals surface area contributed by atoms with E-state index in [0.717, 1.165) is 23.3 Å². The maximum Gasteiger partial charge on any atom is 0.260 e. The van der Waals surface area contributed by atoms with Gasteiger partial charge in [-0.3, -0.25) is 9.69 Å². The van der Waals surface area contributed by atoms with E-state index >= 15 is 0 Å². The molecule has 0 bridgehead atoms. The Balaban J connectivity index is 0.00000560. The van der Waals surface area contributed by atoms with Gasteiger partial charge in [-0.2, -0.15) is 4.31 Å². The molecule has 0 aliphatic heterocycles. The summed E-state index contributed by atoms with van der Waals surface area (Å²) in [6, 6.07) is 12.0. The van der Waals surface area contributed by atoms with Gasteiger partial charge in [-0.05, 0) is 61.3 Å². The molecule has 0 saturated carbocycles. The number of halogens is 1. The van der Waals surface area contributed by atoms with Gasteiger partial charge in [0.05, 0.1) is 16.7 Å². The number of ether oxygens (including phenoxy) is 1. The Morgan fingerprint density at radius 3 is 2.08 bits per heavy atom. The van der Waals surface area contributed by atoms with Gasteiger partial charge >= 0.3 is 0 Å². The third-order valence-corrected chi connectivity index (χ3v) is 9.37. The maximum atomic E-state index is 13.8. The summed E-state index contributed by atoms with van der Waals surface area (Å²) in [5.74, 6) is 0.843. The quantitative estimate of drug-likeness (QED) is 0.222. The van der Waals surface area contributed by atoms with Crippen LogP contribution in [0.4, 0.5) is 5.13 Å². The summed E-state index contributed by atoms with van der Waals surface area (Å²) in [6.45, 7) is 16.0. The van der Waals surface area contributed by atoms with Crippen molar-refractivity contribution in [3.63, 3.8) is 0 Å². The highest BCUT2D eigenvalue weighted by Crippen LogP contribution is 2.34. The van der Waals surface area contributed by atoms with E-state index in [1.54, 1.807) is 40.6 Å². The number of benzene rings is 2. The van der Waals surface area contributed by atoms with Crippen LogP contribution in [0.3, 0.4) is 0 Å². The van der Waals surface area contributed by atoms with Crippen LogP contribution >= 0.6 is 23.7 Å². The molecule has 8 nitrogen and oxygen atoms in total. The summed E-state index contributed by atoms with van der Waals surface area (Å²) >= 11 is 1.44. The number of likely N-dealkylation sites (N-methyl/N-ethyl adjacent to an activating group) is 1. The molecule has 0 spiro atoms. The third kappa shape index (κ3) is 8.16. The van der Waals surface area contributed by atoms with Crippen molar-refractivity contribution in [1.82, 2.24) is 14.2 Å². The van der Waals surface area contributed by atoms with E-state index in [-0.39, 0.29) is 35.0 Å². The minimum atomic E-state index is -3.68. The molecule has 0 saturated heterocycles. The number of aromatic nitrogens is 1. The highest BCUT2D eigenvalue weighted by atomic mass is 35.5. The van der Waals surface area contributed by atoms with Gasteiger partial charge in [0, 0.05) is 31.7 Å². The minimum absolute atomic E-state index is 0. The molecule has 0 aliphatic rings. The largest absolute Gasteiger partial charge is 0.494 e. The molecule has 0 N–H and O–H groups in total. The topological polar surface area (TPSA) is 83.1 Å². The lowest BCUT2D eigenvalue weighted by molar-refractivity contribution is 0.0983. The number of hydrogen-bond acceptors (Lipinski definition) is 7. The second-order valence-corrected chi connectivity index (χ2v) is 13.4. The van der Waals surface area contributed by atoms with E-state index in [9.17, 15) is 13.2 Å². The van der Waals surface area contributed by atoms with Crippen molar-refractivity contribution in [3.8, 4) is 5.75 Å². The number of carbonyl (C=O) groups is 1. The number of rotatable bonds is 14. The number of sulfonamides is 1. The number of nitrogens with zero attached hydrogens (tertiary/aromatic N) is 4. The first-order valence-electron chi connectivity index (χ1n) is 13.6. The molecule has 1 aromatic heterocycles. The molecule has 3 rings (SSSR count). The Bertz CT molecular complexity index is 1330. The molecule has 3 aromatic rings. The molecule has 222 valence electrons. The fraction of sp³-hybridized carbons (Fsp3) is 0.517. The standard InChI is InChI=1S/C29H42N4O4S2.ClH/c1-8-31(9-2)17-18-33(29-30-27-25(37-7)11-10-12-26(27)38-29)28(34)23-13-15-24(16-14-23)39(35,36)32(19-21(3)4)20-22(5)6;/h10-16,21-22H,8-9,17-20H2,1-7H3;1H. The summed E-state index contributed by atoms with van der Waals surface area (Å²) in [5, 5.41) is 0.586. The lowest BCUT2D eigenvalue weighted by atomic mass is 10.2.